The summed E-state index contributed by atoms with van der Waals surface area (Å²) in [4.78, 5) is 27.8. The van der Waals surface area contributed by atoms with E-state index in [0.717, 1.165) is 6.42 Å². The Bertz CT molecular complexity index is 639. The van der Waals surface area contributed by atoms with E-state index in [2.05, 4.69) is 26.1 Å². The molecule has 2 amide bonds. The molecule has 0 aliphatic carbocycles. The third kappa shape index (κ3) is 4.53. The summed E-state index contributed by atoms with van der Waals surface area (Å²) in [6, 6.07) is 6.71. The van der Waals surface area contributed by atoms with Gasteiger partial charge in [-0.1, -0.05) is 27.7 Å². The number of methoxy groups -OCH3 is 1. The molecule has 1 saturated heterocycles. The Balaban J connectivity index is 2.31. The highest BCUT2D eigenvalue weighted by atomic mass is 32.2. The van der Waals surface area contributed by atoms with Crippen LogP contribution in [-0.4, -0.2) is 47.0 Å². The van der Waals surface area contributed by atoms with Gasteiger partial charge in [-0.3, -0.25) is 9.59 Å². The molecule has 144 valence electrons. The SMILES string of the molecule is CCC(C)NC(=O)C1CSC(C(C)(C)C)N1C(=O)c1ccc(OC)cc1. The Hall–Kier alpha value is -1.69. The molecule has 1 aromatic rings. The molecule has 1 aliphatic rings. The van der Waals surface area contributed by atoms with Crippen molar-refractivity contribution in [2.24, 2.45) is 5.41 Å². The molecule has 0 saturated carbocycles. The number of hydrogen-bond acceptors (Lipinski definition) is 4. The Kier molecular flexibility index (Phi) is 6.61. The smallest absolute Gasteiger partial charge is 0.255 e. The lowest BCUT2D eigenvalue weighted by molar-refractivity contribution is -0.125. The maximum atomic E-state index is 13.3. The van der Waals surface area contributed by atoms with E-state index in [-0.39, 0.29) is 28.6 Å². The Morgan fingerprint density at radius 1 is 1.31 bits per heavy atom. The second kappa shape index (κ2) is 8.33. The maximum Gasteiger partial charge on any atom is 0.255 e. The lowest BCUT2D eigenvalue weighted by atomic mass is 9.94. The van der Waals surface area contributed by atoms with Crippen LogP contribution in [0.25, 0.3) is 0 Å². The lowest BCUT2D eigenvalue weighted by Gasteiger charge is -2.36. The number of amides is 2. The van der Waals surface area contributed by atoms with Crippen LogP contribution in [0.3, 0.4) is 0 Å². The molecule has 0 aromatic heterocycles. The average molecular weight is 379 g/mol. The van der Waals surface area contributed by atoms with Crippen LogP contribution in [0.4, 0.5) is 0 Å². The van der Waals surface area contributed by atoms with Gasteiger partial charge in [0.15, 0.2) is 0 Å². The number of thioether (sulfide) groups is 1. The zero-order valence-corrected chi connectivity index (χ0v) is 17.4. The summed E-state index contributed by atoms with van der Waals surface area (Å²) in [7, 11) is 1.60. The minimum Gasteiger partial charge on any atom is -0.497 e. The minimum atomic E-state index is -0.451. The molecule has 2 rings (SSSR count). The highest BCUT2D eigenvalue weighted by molar-refractivity contribution is 8.00. The molecule has 3 unspecified atom stereocenters. The van der Waals surface area contributed by atoms with Crippen LogP contribution in [-0.2, 0) is 4.79 Å². The second-order valence-electron chi connectivity index (χ2n) is 7.83. The van der Waals surface area contributed by atoms with Crippen molar-refractivity contribution >= 4 is 23.6 Å². The van der Waals surface area contributed by atoms with Crippen LogP contribution in [0.5, 0.6) is 5.75 Å². The van der Waals surface area contributed by atoms with Crippen LogP contribution in [0.2, 0.25) is 0 Å². The van der Waals surface area contributed by atoms with Gasteiger partial charge in [0.05, 0.1) is 12.5 Å². The Morgan fingerprint density at radius 3 is 2.42 bits per heavy atom. The zero-order chi connectivity index (χ0) is 19.5. The van der Waals surface area contributed by atoms with Gasteiger partial charge in [0.25, 0.3) is 5.91 Å². The second-order valence-corrected chi connectivity index (χ2v) is 8.94. The fourth-order valence-electron chi connectivity index (χ4n) is 2.95. The number of ether oxygens (including phenoxy) is 1. The van der Waals surface area contributed by atoms with Crippen molar-refractivity contribution in [2.75, 3.05) is 12.9 Å². The molecule has 0 radical (unpaired) electrons. The molecule has 0 spiro atoms. The van der Waals surface area contributed by atoms with Crippen molar-refractivity contribution in [3.63, 3.8) is 0 Å². The topological polar surface area (TPSA) is 58.6 Å². The summed E-state index contributed by atoms with van der Waals surface area (Å²) in [6.07, 6.45) is 0.862. The molecule has 3 atom stereocenters. The standard InChI is InChI=1S/C20H30N2O3S/c1-7-13(2)21-17(23)16-12-26-19(20(3,4)5)22(16)18(24)14-8-10-15(25-6)11-9-14/h8-11,13,16,19H,7,12H2,1-6H3,(H,21,23). The molecule has 26 heavy (non-hydrogen) atoms. The molecule has 0 bridgehead atoms. The van der Waals surface area contributed by atoms with E-state index in [4.69, 9.17) is 4.74 Å². The predicted molar refractivity (Wildman–Crippen MR) is 107 cm³/mol. The van der Waals surface area contributed by atoms with Crippen LogP contribution in [0.1, 0.15) is 51.4 Å². The third-order valence-electron chi connectivity index (χ3n) is 4.62. The normalized spacial score (nSPS) is 21.4. The first-order chi connectivity index (χ1) is 12.2. The van der Waals surface area contributed by atoms with Gasteiger partial charge in [-0.15, -0.1) is 11.8 Å². The molecular weight excluding hydrogens is 348 g/mol. The third-order valence-corrected chi connectivity index (χ3v) is 6.37. The average Bonchev–Trinajstić information content (AvgIpc) is 3.06. The van der Waals surface area contributed by atoms with Gasteiger partial charge < -0.3 is 15.0 Å². The van der Waals surface area contributed by atoms with Gasteiger partial charge in [-0.25, -0.2) is 0 Å². The quantitative estimate of drug-likeness (QED) is 0.851. The van der Waals surface area contributed by atoms with Crippen LogP contribution >= 0.6 is 11.8 Å². The van der Waals surface area contributed by atoms with Crippen molar-refractivity contribution in [3.8, 4) is 5.75 Å². The highest BCUT2D eigenvalue weighted by Gasteiger charge is 2.46. The molecule has 1 fully saturated rings. The van der Waals surface area contributed by atoms with Crippen LogP contribution < -0.4 is 10.1 Å². The van der Waals surface area contributed by atoms with Gasteiger partial charge >= 0.3 is 0 Å². The largest absolute Gasteiger partial charge is 0.497 e. The summed E-state index contributed by atoms with van der Waals surface area (Å²) in [6.45, 7) is 10.3. The van der Waals surface area contributed by atoms with Gasteiger partial charge in [-0.05, 0) is 43.0 Å². The Morgan fingerprint density at radius 2 is 1.92 bits per heavy atom. The van der Waals surface area contributed by atoms with E-state index in [1.165, 1.54) is 0 Å². The number of carbonyl (C=O) groups is 2. The van der Waals surface area contributed by atoms with Crippen molar-refractivity contribution in [2.45, 2.75) is 58.5 Å². The van der Waals surface area contributed by atoms with E-state index in [0.29, 0.717) is 17.1 Å². The first kappa shape index (κ1) is 20.6. The van der Waals surface area contributed by atoms with Gasteiger partial charge in [0, 0.05) is 17.4 Å². The zero-order valence-electron chi connectivity index (χ0n) is 16.5. The first-order valence-electron chi connectivity index (χ1n) is 9.07. The predicted octanol–water partition coefficient (Wildman–Crippen LogP) is 3.54. The fraction of sp³-hybridized carbons (Fsp3) is 0.600. The summed E-state index contributed by atoms with van der Waals surface area (Å²) < 4.78 is 5.17. The summed E-state index contributed by atoms with van der Waals surface area (Å²) in [5.74, 6) is 1.14. The molecule has 1 N–H and O–H groups in total. The summed E-state index contributed by atoms with van der Waals surface area (Å²) in [5, 5.41) is 2.98. The van der Waals surface area contributed by atoms with E-state index < -0.39 is 6.04 Å². The highest BCUT2D eigenvalue weighted by Crippen LogP contribution is 2.41. The number of rotatable bonds is 5. The van der Waals surface area contributed by atoms with Crippen molar-refractivity contribution in [3.05, 3.63) is 29.8 Å². The molecule has 5 nitrogen and oxygen atoms in total. The van der Waals surface area contributed by atoms with E-state index in [1.807, 2.05) is 13.8 Å². The molecule has 1 aliphatic heterocycles. The monoisotopic (exact) mass is 378 g/mol. The van der Waals surface area contributed by atoms with Gasteiger partial charge in [-0.2, -0.15) is 0 Å². The molecule has 1 aromatic carbocycles. The van der Waals surface area contributed by atoms with E-state index in [1.54, 1.807) is 48.0 Å². The van der Waals surface area contributed by atoms with E-state index in [9.17, 15) is 9.59 Å². The van der Waals surface area contributed by atoms with Crippen molar-refractivity contribution < 1.29 is 14.3 Å². The van der Waals surface area contributed by atoms with Crippen LogP contribution in [0.15, 0.2) is 24.3 Å². The molecule has 1 heterocycles. The minimum absolute atomic E-state index is 0.0511. The maximum absolute atomic E-state index is 13.3. The van der Waals surface area contributed by atoms with E-state index >= 15 is 0 Å². The number of carbonyl (C=O) groups excluding carboxylic acids is 2. The van der Waals surface area contributed by atoms with Crippen molar-refractivity contribution in [1.29, 1.82) is 0 Å². The summed E-state index contributed by atoms with van der Waals surface area (Å²) in [5.41, 5.74) is 0.446. The molecule has 6 heteroatoms. The lowest BCUT2D eigenvalue weighted by Crippen LogP contribution is -2.53. The van der Waals surface area contributed by atoms with Gasteiger partial charge in [0.1, 0.15) is 11.8 Å². The van der Waals surface area contributed by atoms with Crippen molar-refractivity contribution in [1.82, 2.24) is 10.2 Å². The number of nitrogens with one attached hydrogen (secondary N) is 1. The summed E-state index contributed by atoms with van der Waals surface area (Å²) >= 11 is 1.68. The fourth-order valence-corrected chi connectivity index (χ4v) is 4.53. The van der Waals surface area contributed by atoms with Gasteiger partial charge in [0.2, 0.25) is 5.91 Å². The first-order valence-corrected chi connectivity index (χ1v) is 10.1. The number of benzene rings is 1. The Labute approximate surface area is 160 Å². The number of hydrogen-bond donors (Lipinski definition) is 1. The van der Waals surface area contributed by atoms with Crippen LogP contribution in [0, 0.1) is 5.41 Å². The molecular formula is C20H30N2O3S. The number of nitrogens with zero attached hydrogens (tertiary/aromatic N) is 1.